The lowest BCUT2D eigenvalue weighted by Crippen LogP contribution is -2.05. The molecule has 0 saturated heterocycles. The molecule has 1 aromatic heterocycles. The van der Waals surface area contributed by atoms with Crippen LogP contribution in [0, 0.1) is 0 Å². The van der Waals surface area contributed by atoms with E-state index in [0.717, 1.165) is 47.6 Å². The van der Waals surface area contributed by atoms with Crippen molar-refractivity contribution in [3.8, 4) is 5.75 Å². The fourth-order valence-electron chi connectivity index (χ4n) is 2.16. The van der Waals surface area contributed by atoms with Crippen LogP contribution in [0.5, 0.6) is 5.75 Å². The lowest BCUT2D eigenvalue weighted by atomic mass is 10.2. The van der Waals surface area contributed by atoms with E-state index in [-0.39, 0.29) is 6.61 Å². The lowest BCUT2D eigenvalue weighted by molar-refractivity contribution is 0.287. The molecule has 0 spiro atoms. The van der Waals surface area contributed by atoms with Gasteiger partial charge in [-0.25, -0.2) is 4.98 Å². The second-order valence-electron chi connectivity index (χ2n) is 4.75. The second-order valence-corrected chi connectivity index (χ2v) is 4.75. The Kier molecular flexibility index (Phi) is 4.22. The zero-order valence-corrected chi connectivity index (χ0v) is 11.5. The van der Waals surface area contributed by atoms with E-state index < -0.39 is 0 Å². The van der Waals surface area contributed by atoms with Crippen molar-refractivity contribution in [3.05, 3.63) is 36.2 Å². The van der Waals surface area contributed by atoms with Crippen LogP contribution < -0.4 is 4.74 Å². The van der Waals surface area contributed by atoms with Gasteiger partial charge in [-0.05, 0) is 25.5 Å². The van der Waals surface area contributed by atoms with Crippen molar-refractivity contribution >= 4 is 11.0 Å². The van der Waals surface area contributed by atoms with Gasteiger partial charge in [-0.2, -0.15) is 0 Å². The standard InChI is InChI=1S/C15H20N2O2/c1-11(2)10-17-14-7-6-12(19-3)9-13(14)16-15(17)5-4-8-18/h6-7,9,18H,1,4-5,8,10H2,2-3H3. The van der Waals surface area contributed by atoms with Crippen molar-refractivity contribution < 1.29 is 9.84 Å². The molecule has 0 saturated carbocycles. The highest BCUT2D eigenvalue weighted by molar-refractivity contribution is 5.78. The SMILES string of the molecule is C=C(C)Cn1c(CCCO)nc2cc(OC)ccc21. The summed E-state index contributed by atoms with van der Waals surface area (Å²) in [6, 6.07) is 5.90. The average Bonchev–Trinajstić information content (AvgIpc) is 2.73. The van der Waals surface area contributed by atoms with Crippen molar-refractivity contribution in [1.82, 2.24) is 9.55 Å². The van der Waals surface area contributed by atoms with E-state index >= 15 is 0 Å². The highest BCUT2D eigenvalue weighted by atomic mass is 16.5. The number of rotatable bonds is 6. The van der Waals surface area contributed by atoms with E-state index in [2.05, 4.69) is 16.1 Å². The van der Waals surface area contributed by atoms with E-state index in [1.807, 2.05) is 25.1 Å². The quantitative estimate of drug-likeness (QED) is 0.812. The zero-order chi connectivity index (χ0) is 13.8. The van der Waals surface area contributed by atoms with Gasteiger partial charge in [0.1, 0.15) is 11.6 Å². The third-order valence-corrected chi connectivity index (χ3v) is 3.02. The first-order valence-corrected chi connectivity index (χ1v) is 6.44. The van der Waals surface area contributed by atoms with Crippen LogP contribution >= 0.6 is 0 Å². The number of imidazole rings is 1. The average molecular weight is 260 g/mol. The zero-order valence-electron chi connectivity index (χ0n) is 11.5. The minimum absolute atomic E-state index is 0.180. The smallest absolute Gasteiger partial charge is 0.121 e. The monoisotopic (exact) mass is 260 g/mol. The van der Waals surface area contributed by atoms with Gasteiger partial charge in [0.05, 0.1) is 18.1 Å². The Morgan fingerprint density at radius 3 is 2.89 bits per heavy atom. The molecular formula is C15H20N2O2. The minimum atomic E-state index is 0.180. The molecule has 0 fully saturated rings. The summed E-state index contributed by atoms with van der Waals surface area (Å²) in [4.78, 5) is 4.64. The van der Waals surface area contributed by atoms with Crippen LogP contribution in [0.2, 0.25) is 0 Å². The summed E-state index contributed by atoms with van der Waals surface area (Å²) in [5, 5.41) is 8.98. The summed E-state index contributed by atoms with van der Waals surface area (Å²) in [6.07, 6.45) is 1.48. The van der Waals surface area contributed by atoms with Gasteiger partial charge in [-0.15, -0.1) is 0 Å². The van der Waals surface area contributed by atoms with Crippen LogP contribution in [0.25, 0.3) is 11.0 Å². The van der Waals surface area contributed by atoms with E-state index in [0.29, 0.717) is 0 Å². The molecule has 1 aromatic carbocycles. The molecule has 4 heteroatoms. The summed E-state index contributed by atoms with van der Waals surface area (Å²) in [5.41, 5.74) is 3.09. The summed E-state index contributed by atoms with van der Waals surface area (Å²) >= 11 is 0. The van der Waals surface area contributed by atoms with E-state index in [9.17, 15) is 0 Å². The van der Waals surface area contributed by atoms with Crippen molar-refractivity contribution in [1.29, 1.82) is 0 Å². The number of fused-ring (bicyclic) bond motifs is 1. The van der Waals surface area contributed by atoms with Gasteiger partial charge in [0.15, 0.2) is 0 Å². The number of aryl methyl sites for hydroxylation is 1. The topological polar surface area (TPSA) is 47.3 Å². The largest absolute Gasteiger partial charge is 0.497 e. The second kappa shape index (κ2) is 5.89. The maximum atomic E-state index is 8.98. The molecule has 102 valence electrons. The first-order valence-electron chi connectivity index (χ1n) is 6.44. The van der Waals surface area contributed by atoms with Crippen molar-refractivity contribution in [2.75, 3.05) is 13.7 Å². The number of methoxy groups -OCH3 is 1. The Labute approximate surface area is 113 Å². The van der Waals surface area contributed by atoms with Crippen molar-refractivity contribution in [2.45, 2.75) is 26.3 Å². The van der Waals surface area contributed by atoms with Crippen LogP contribution in [-0.2, 0) is 13.0 Å². The maximum absolute atomic E-state index is 8.98. The Bertz CT molecular complexity index is 587. The summed E-state index contributed by atoms with van der Waals surface area (Å²) in [6.45, 7) is 6.91. The molecule has 1 N–H and O–H groups in total. The molecule has 1 heterocycles. The van der Waals surface area contributed by atoms with Gasteiger partial charge in [-0.3, -0.25) is 0 Å². The van der Waals surface area contributed by atoms with Crippen LogP contribution in [0.1, 0.15) is 19.2 Å². The number of benzene rings is 1. The van der Waals surface area contributed by atoms with Crippen LogP contribution in [0.3, 0.4) is 0 Å². The van der Waals surface area contributed by atoms with Crippen molar-refractivity contribution in [2.24, 2.45) is 0 Å². The molecule has 0 bridgehead atoms. The number of hydrogen-bond acceptors (Lipinski definition) is 3. The van der Waals surface area contributed by atoms with Gasteiger partial charge in [-0.1, -0.05) is 12.2 Å². The molecule has 0 atom stereocenters. The number of aliphatic hydroxyl groups excluding tert-OH is 1. The first-order chi connectivity index (χ1) is 9.15. The van der Waals surface area contributed by atoms with Gasteiger partial charge < -0.3 is 14.4 Å². The van der Waals surface area contributed by atoms with Crippen LogP contribution in [0.4, 0.5) is 0 Å². The normalized spacial score (nSPS) is 10.9. The summed E-state index contributed by atoms with van der Waals surface area (Å²) in [5.74, 6) is 1.79. The predicted molar refractivity (Wildman–Crippen MR) is 76.5 cm³/mol. The summed E-state index contributed by atoms with van der Waals surface area (Å²) in [7, 11) is 1.65. The number of ether oxygens (including phenoxy) is 1. The molecular weight excluding hydrogens is 240 g/mol. The third-order valence-electron chi connectivity index (χ3n) is 3.02. The molecule has 0 amide bonds. The molecule has 4 nitrogen and oxygen atoms in total. The number of aliphatic hydroxyl groups is 1. The molecule has 0 unspecified atom stereocenters. The first kappa shape index (κ1) is 13.6. The van der Waals surface area contributed by atoms with Gasteiger partial charge in [0.25, 0.3) is 0 Å². The van der Waals surface area contributed by atoms with Gasteiger partial charge in [0.2, 0.25) is 0 Å². The van der Waals surface area contributed by atoms with E-state index in [4.69, 9.17) is 9.84 Å². The molecule has 0 aliphatic carbocycles. The fourth-order valence-corrected chi connectivity index (χ4v) is 2.16. The Morgan fingerprint density at radius 1 is 1.47 bits per heavy atom. The Hall–Kier alpha value is -1.81. The minimum Gasteiger partial charge on any atom is -0.497 e. The highest BCUT2D eigenvalue weighted by Gasteiger charge is 2.11. The number of hydrogen-bond donors (Lipinski definition) is 1. The van der Waals surface area contributed by atoms with Crippen LogP contribution in [-0.4, -0.2) is 28.4 Å². The molecule has 0 radical (unpaired) electrons. The van der Waals surface area contributed by atoms with Gasteiger partial charge in [0, 0.05) is 25.6 Å². The van der Waals surface area contributed by atoms with E-state index in [1.165, 1.54) is 0 Å². The molecule has 19 heavy (non-hydrogen) atoms. The third kappa shape index (κ3) is 2.96. The molecule has 0 aliphatic heterocycles. The fraction of sp³-hybridized carbons (Fsp3) is 0.400. The molecule has 2 aromatic rings. The van der Waals surface area contributed by atoms with Crippen LogP contribution in [0.15, 0.2) is 30.4 Å². The predicted octanol–water partition coefficient (Wildman–Crippen LogP) is 2.55. The number of nitrogens with zero attached hydrogens (tertiary/aromatic N) is 2. The lowest BCUT2D eigenvalue weighted by Gasteiger charge is -2.08. The van der Waals surface area contributed by atoms with E-state index in [1.54, 1.807) is 7.11 Å². The number of aromatic nitrogens is 2. The molecule has 0 aliphatic rings. The Morgan fingerprint density at radius 2 is 2.26 bits per heavy atom. The van der Waals surface area contributed by atoms with Crippen molar-refractivity contribution in [3.63, 3.8) is 0 Å². The Balaban J connectivity index is 2.48. The molecule has 2 rings (SSSR count). The highest BCUT2D eigenvalue weighted by Crippen LogP contribution is 2.23. The number of allylic oxidation sites excluding steroid dienone is 1. The van der Waals surface area contributed by atoms with Gasteiger partial charge >= 0.3 is 0 Å². The maximum Gasteiger partial charge on any atom is 0.121 e. The summed E-state index contributed by atoms with van der Waals surface area (Å²) < 4.78 is 7.39.